The van der Waals surface area contributed by atoms with Crippen LogP contribution in [0.1, 0.15) is 5.56 Å². The maximum atomic E-state index is 13.3. The highest BCUT2D eigenvalue weighted by Gasteiger charge is 2.12. The van der Waals surface area contributed by atoms with E-state index in [-0.39, 0.29) is 5.75 Å². The van der Waals surface area contributed by atoms with Crippen molar-refractivity contribution in [3.8, 4) is 17.4 Å². The predicted molar refractivity (Wildman–Crippen MR) is 108 cm³/mol. The molecule has 10 heteroatoms. The second-order valence-electron chi connectivity index (χ2n) is 6.28. The van der Waals surface area contributed by atoms with E-state index in [1.54, 1.807) is 59.5 Å². The lowest BCUT2D eigenvalue weighted by Crippen LogP contribution is -2.15. The van der Waals surface area contributed by atoms with E-state index < -0.39 is 15.8 Å². The predicted octanol–water partition coefficient (Wildman–Crippen LogP) is 3.54. The van der Waals surface area contributed by atoms with Crippen LogP contribution in [-0.4, -0.2) is 28.2 Å². The molecule has 4 rings (SSSR count). The summed E-state index contributed by atoms with van der Waals surface area (Å²) >= 11 is 0. The number of hydrogen-bond donors (Lipinski definition) is 1. The number of ether oxygens (including phenoxy) is 1. The van der Waals surface area contributed by atoms with Crippen molar-refractivity contribution in [1.82, 2.24) is 19.7 Å². The molecule has 0 atom stereocenters. The van der Waals surface area contributed by atoms with Crippen molar-refractivity contribution < 1.29 is 17.5 Å². The lowest BCUT2D eigenvalue weighted by Gasteiger charge is -2.10. The van der Waals surface area contributed by atoms with Gasteiger partial charge in [-0.3, -0.25) is 4.72 Å². The van der Waals surface area contributed by atoms with Crippen LogP contribution in [0.25, 0.3) is 5.82 Å². The van der Waals surface area contributed by atoms with E-state index in [0.29, 0.717) is 28.7 Å². The van der Waals surface area contributed by atoms with Crippen LogP contribution in [0.15, 0.2) is 79.4 Å². The van der Waals surface area contributed by atoms with Gasteiger partial charge in [-0.25, -0.2) is 27.5 Å². The number of halogens is 1. The Kier molecular flexibility index (Phi) is 5.40. The molecule has 8 nitrogen and oxygen atoms in total. The summed E-state index contributed by atoms with van der Waals surface area (Å²) in [5, 5.41) is 4.10. The van der Waals surface area contributed by atoms with Gasteiger partial charge in [0, 0.05) is 24.1 Å². The summed E-state index contributed by atoms with van der Waals surface area (Å²) in [6.07, 6.45) is 4.74. The average molecular weight is 425 g/mol. The third-order valence-corrected chi connectivity index (χ3v) is 5.22. The van der Waals surface area contributed by atoms with E-state index in [1.807, 2.05) is 0 Å². The normalized spacial score (nSPS) is 11.2. The van der Waals surface area contributed by atoms with E-state index in [4.69, 9.17) is 4.74 Å². The number of rotatable bonds is 7. The minimum Gasteiger partial charge on any atom is -0.439 e. The van der Waals surface area contributed by atoms with Crippen molar-refractivity contribution in [2.45, 2.75) is 5.75 Å². The van der Waals surface area contributed by atoms with Gasteiger partial charge in [0.2, 0.25) is 15.9 Å². The Morgan fingerprint density at radius 1 is 1.03 bits per heavy atom. The highest BCUT2D eigenvalue weighted by molar-refractivity contribution is 7.91. The van der Waals surface area contributed by atoms with Crippen molar-refractivity contribution in [3.05, 3.63) is 90.8 Å². The lowest BCUT2D eigenvalue weighted by atomic mass is 10.2. The SMILES string of the molecule is O=S(=O)(Cc1cccc(F)c1)Nc1ccc(Oc2cc(-n3cccn3)ncn2)cc1. The van der Waals surface area contributed by atoms with Crippen LogP contribution < -0.4 is 9.46 Å². The Bertz CT molecular complexity index is 1250. The van der Waals surface area contributed by atoms with Gasteiger partial charge in [-0.15, -0.1) is 0 Å². The molecule has 2 heterocycles. The van der Waals surface area contributed by atoms with Gasteiger partial charge >= 0.3 is 0 Å². The molecule has 0 aliphatic heterocycles. The second kappa shape index (κ2) is 8.29. The molecule has 152 valence electrons. The minimum absolute atomic E-state index is 0.315. The van der Waals surface area contributed by atoms with Crippen LogP contribution >= 0.6 is 0 Å². The summed E-state index contributed by atoms with van der Waals surface area (Å²) < 4.78 is 47.6. The van der Waals surface area contributed by atoms with E-state index in [1.165, 1.54) is 24.5 Å². The van der Waals surface area contributed by atoms with Crippen molar-refractivity contribution in [3.63, 3.8) is 0 Å². The fourth-order valence-corrected chi connectivity index (χ4v) is 3.87. The van der Waals surface area contributed by atoms with Crippen LogP contribution in [-0.2, 0) is 15.8 Å². The van der Waals surface area contributed by atoms with E-state index in [2.05, 4.69) is 19.8 Å². The van der Waals surface area contributed by atoms with Gasteiger partial charge in [0.25, 0.3) is 0 Å². The van der Waals surface area contributed by atoms with E-state index in [9.17, 15) is 12.8 Å². The van der Waals surface area contributed by atoms with Crippen LogP contribution in [0.3, 0.4) is 0 Å². The Morgan fingerprint density at radius 2 is 1.87 bits per heavy atom. The zero-order valence-electron chi connectivity index (χ0n) is 15.5. The standard InChI is InChI=1S/C20H16FN5O3S/c21-16-4-1-3-15(11-16)13-30(27,28)25-17-5-7-18(8-6-17)29-20-12-19(22-14-23-20)26-10-2-9-24-26/h1-12,14,25H,13H2. The smallest absolute Gasteiger partial charge is 0.236 e. The Balaban J connectivity index is 1.42. The highest BCUT2D eigenvalue weighted by atomic mass is 32.2. The topological polar surface area (TPSA) is 99.0 Å². The monoisotopic (exact) mass is 425 g/mol. The summed E-state index contributed by atoms with van der Waals surface area (Å²) in [4.78, 5) is 8.19. The molecule has 0 amide bonds. The van der Waals surface area contributed by atoms with Gasteiger partial charge in [-0.2, -0.15) is 5.10 Å². The molecule has 0 radical (unpaired) electrons. The van der Waals surface area contributed by atoms with Gasteiger partial charge in [0.05, 0.1) is 5.75 Å². The maximum Gasteiger partial charge on any atom is 0.236 e. The Labute approximate surface area is 172 Å². The maximum absolute atomic E-state index is 13.3. The van der Waals surface area contributed by atoms with Crippen molar-refractivity contribution in [1.29, 1.82) is 0 Å². The molecule has 0 saturated carbocycles. The first-order valence-corrected chi connectivity index (χ1v) is 10.5. The fraction of sp³-hybridized carbons (Fsp3) is 0.0500. The first-order chi connectivity index (χ1) is 14.5. The van der Waals surface area contributed by atoms with Gasteiger partial charge in [0.1, 0.15) is 17.9 Å². The van der Waals surface area contributed by atoms with Crippen molar-refractivity contribution in [2.75, 3.05) is 4.72 Å². The van der Waals surface area contributed by atoms with Gasteiger partial charge in [0.15, 0.2) is 5.82 Å². The average Bonchev–Trinajstić information content (AvgIpc) is 3.24. The van der Waals surface area contributed by atoms with Crippen LogP contribution in [0, 0.1) is 5.82 Å². The fourth-order valence-electron chi connectivity index (χ4n) is 2.69. The van der Waals surface area contributed by atoms with Gasteiger partial charge in [-0.1, -0.05) is 12.1 Å². The van der Waals surface area contributed by atoms with Crippen LogP contribution in [0.5, 0.6) is 11.6 Å². The molecule has 0 fully saturated rings. The summed E-state index contributed by atoms with van der Waals surface area (Å²) in [6, 6.07) is 15.2. The largest absolute Gasteiger partial charge is 0.439 e. The number of nitrogens with one attached hydrogen (secondary N) is 1. The molecule has 1 N–H and O–H groups in total. The number of hydrogen-bond acceptors (Lipinski definition) is 6. The third-order valence-electron chi connectivity index (χ3n) is 3.96. The molecule has 0 spiro atoms. The highest BCUT2D eigenvalue weighted by Crippen LogP contribution is 2.23. The molecule has 4 aromatic rings. The summed E-state index contributed by atoms with van der Waals surface area (Å²) in [5.41, 5.74) is 0.720. The zero-order valence-corrected chi connectivity index (χ0v) is 16.3. The van der Waals surface area contributed by atoms with E-state index in [0.717, 1.165) is 0 Å². The molecule has 30 heavy (non-hydrogen) atoms. The number of benzene rings is 2. The molecular weight excluding hydrogens is 409 g/mol. The molecular formula is C20H16FN5O3S. The van der Waals surface area contributed by atoms with Gasteiger partial charge in [-0.05, 0) is 48.0 Å². The molecule has 0 unspecified atom stereocenters. The number of sulfonamides is 1. The molecule has 0 aliphatic rings. The lowest BCUT2D eigenvalue weighted by molar-refractivity contribution is 0.460. The Hall–Kier alpha value is -3.79. The van der Waals surface area contributed by atoms with Crippen LogP contribution in [0.4, 0.5) is 10.1 Å². The second-order valence-corrected chi connectivity index (χ2v) is 8.00. The van der Waals surface area contributed by atoms with Crippen molar-refractivity contribution in [2.24, 2.45) is 0 Å². The van der Waals surface area contributed by atoms with E-state index >= 15 is 0 Å². The molecule has 2 aromatic heterocycles. The number of aromatic nitrogens is 4. The summed E-state index contributed by atoms with van der Waals surface area (Å²) in [6.45, 7) is 0. The summed E-state index contributed by atoms with van der Waals surface area (Å²) in [7, 11) is -3.69. The molecule has 0 aliphatic carbocycles. The first-order valence-electron chi connectivity index (χ1n) is 8.82. The minimum atomic E-state index is -3.69. The number of anilines is 1. The first kappa shape index (κ1) is 19.5. The molecule has 0 bridgehead atoms. The number of nitrogens with zero attached hydrogens (tertiary/aromatic N) is 4. The Morgan fingerprint density at radius 3 is 2.60 bits per heavy atom. The van der Waals surface area contributed by atoms with Crippen LogP contribution in [0.2, 0.25) is 0 Å². The summed E-state index contributed by atoms with van der Waals surface area (Å²) in [5.74, 6) is 0.514. The molecule has 2 aromatic carbocycles. The van der Waals surface area contributed by atoms with Gasteiger partial charge < -0.3 is 4.74 Å². The molecule has 0 saturated heterocycles. The third kappa shape index (κ3) is 4.97. The zero-order chi connectivity index (χ0) is 21.0. The van der Waals surface area contributed by atoms with Crippen molar-refractivity contribution >= 4 is 15.7 Å². The quantitative estimate of drug-likeness (QED) is 0.486.